The molecule has 0 aromatic carbocycles. The maximum absolute atomic E-state index is 12.4. The predicted octanol–water partition coefficient (Wildman–Crippen LogP) is 0.397. The van der Waals surface area contributed by atoms with Gasteiger partial charge in [0.2, 0.25) is 11.8 Å². The number of carbonyl (C=O) groups is 2. The minimum Gasteiger partial charge on any atom is -0.358 e. The van der Waals surface area contributed by atoms with Crippen molar-refractivity contribution in [2.24, 2.45) is 5.41 Å². The van der Waals surface area contributed by atoms with Gasteiger partial charge in [-0.2, -0.15) is 5.26 Å². The lowest BCUT2D eigenvalue weighted by Crippen LogP contribution is -2.50. The summed E-state index contributed by atoms with van der Waals surface area (Å²) in [6.07, 6.45) is 4.97. The summed E-state index contributed by atoms with van der Waals surface area (Å²) in [6, 6.07) is 2.36. The highest BCUT2D eigenvalue weighted by molar-refractivity contribution is 5.86. The van der Waals surface area contributed by atoms with Crippen LogP contribution in [0.15, 0.2) is 0 Å². The van der Waals surface area contributed by atoms with Gasteiger partial charge >= 0.3 is 0 Å². The molecule has 0 aromatic rings. The molecule has 2 rings (SSSR count). The van der Waals surface area contributed by atoms with Crippen molar-refractivity contribution in [1.82, 2.24) is 15.5 Å². The fourth-order valence-corrected chi connectivity index (χ4v) is 3.21. The molecule has 6 nitrogen and oxygen atoms in total. The third kappa shape index (κ3) is 3.73. The summed E-state index contributed by atoms with van der Waals surface area (Å²) in [6.45, 7) is 2.02. The van der Waals surface area contributed by atoms with E-state index in [1.807, 2.05) is 0 Å². The lowest BCUT2D eigenvalue weighted by Gasteiger charge is -2.33. The monoisotopic (exact) mass is 292 g/mol. The Kier molecular flexibility index (Phi) is 5.18. The van der Waals surface area contributed by atoms with Gasteiger partial charge in [-0.1, -0.05) is 12.8 Å². The van der Waals surface area contributed by atoms with Gasteiger partial charge in [-0.25, -0.2) is 0 Å². The van der Waals surface area contributed by atoms with Gasteiger partial charge in [-0.3, -0.25) is 14.5 Å². The number of likely N-dealkylation sites (N-methyl/N-ethyl adjacent to an activating group) is 1. The summed E-state index contributed by atoms with van der Waals surface area (Å²) in [4.78, 5) is 25.8. The molecule has 2 amide bonds. The zero-order valence-electron chi connectivity index (χ0n) is 12.7. The van der Waals surface area contributed by atoms with Crippen molar-refractivity contribution in [3.63, 3.8) is 0 Å². The highest BCUT2D eigenvalue weighted by Crippen LogP contribution is 2.37. The standard InChI is InChI=1S/C15H24N4O2/c1-17-13(20)10-19-8-4-12(5-9-19)18-14(21)15(11-16)6-2-3-7-15/h12H,2-10H2,1H3,(H,17,20)(H,18,21). The molecule has 0 spiro atoms. The van der Waals surface area contributed by atoms with E-state index in [-0.39, 0.29) is 17.9 Å². The first-order valence-electron chi connectivity index (χ1n) is 7.75. The third-order valence-electron chi connectivity index (χ3n) is 4.67. The first kappa shape index (κ1) is 15.8. The second-order valence-corrected chi connectivity index (χ2v) is 6.10. The van der Waals surface area contributed by atoms with Crippen LogP contribution >= 0.6 is 0 Å². The second-order valence-electron chi connectivity index (χ2n) is 6.10. The summed E-state index contributed by atoms with van der Waals surface area (Å²) in [5, 5.41) is 15.0. The molecule has 1 saturated heterocycles. The quantitative estimate of drug-likeness (QED) is 0.785. The molecule has 116 valence electrons. The van der Waals surface area contributed by atoms with Crippen LogP contribution in [0.5, 0.6) is 0 Å². The highest BCUT2D eigenvalue weighted by Gasteiger charge is 2.42. The highest BCUT2D eigenvalue weighted by atomic mass is 16.2. The van der Waals surface area contributed by atoms with Crippen molar-refractivity contribution in [3.8, 4) is 6.07 Å². The van der Waals surface area contributed by atoms with Crippen LogP contribution in [-0.2, 0) is 9.59 Å². The molecular formula is C15H24N4O2. The van der Waals surface area contributed by atoms with Gasteiger partial charge in [0.1, 0.15) is 5.41 Å². The Morgan fingerprint density at radius 1 is 1.29 bits per heavy atom. The average Bonchev–Trinajstić information content (AvgIpc) is 2.99. The molecule has 0 radical (unpaired) electrons. The van der Waals surface area contributed by atoms with Gasteiger partial charge in [0.05, 0.1) is 12.6 Å². The second kappa shape index (κ2) is 6.90. The van der Waals surface area contributed by atoms with Crippen molar-refractivity contribution in [2.75, 3.05) is 26.7 Å². The van der Waals surface area contributed by atoms with Crippen molar-refractivity contribution in [3.05, 3.63) is 0 Å². The van der Waals surface area contributed by atoms with Crippen LogP contribution < -0.4 is 10.6 Å². The summed E-state index contributed by atoms with van der Waals surface area (Å²) in [5.41, 5.74) is -0.792. The van der Waals surface area contributed by atoms with Gasteiger partial charge in [-0.05, 0) is 25.7 Å². The average molecular weight is 292 g/mol. The van der Waals surface area contributed by atoms with E-state index in [1.165, 1.54) is 0 Å². The van der Waals surface area contributed by atoms with E-state index in [4.69, 9.17) is 0 Å². The van der Waals surface area contributed by atoms with Gasteiger partial charge in [0.15, 0.2) is 0 Å². The molecule has 0 aromatic heterocycles. The summed E-state index contributed by atoms with van der Waals surface area (Å²) in [5.74, 6) is -0.0703. The number of piperidine rings is 1. The Morgan fingerprint density at radius 3 is 2.43 bits per heavy atom. The molecule has 2 fully saturated rings. The fraction of sp³-hybridized carbons (Fsp3) is 0.800. The number of carbonyl (C=O) groups excluding carboxylic acids is 2. The van der Waals surface area contributed by atoms with E-state index in [2.05, 4.69) is 21.6 Å². The van der Waals surface area contributed by atoms with Crippen molar-refractivity contribution < 1.29 is 9.59 Å². The summed E-state index contributed by atoms with van der Waals surface area (Å²) in [7, 11) is 1.64. The molecule has 1 aliphatic carbocycles. The van der Waals surface area contributed by atoms with Gasteiger partial charge < -0.3 is 10.6 Å². The minimum atomic E-state index is -0.792. The number of likely N-dealkylation sites (tertiary alicyclic amines) is 1. The van der Waals surface area contributed by atoms with Gasteiger partial charge in [0.25, 0.3) is 0 Å². The van der Waals surface area contributed by atoms with Crippen LogP contribution in [0.25, 0.3) is 0 Å². The smallest absolute Gasteiger partial charge is 0.240 e. The predicted molar refractivity (Wildman–Crippen MR) is 78.2 cm³/mol. The SMILES string of the molecule is CNC(=O)CN1CCC(NC(=O)C2(C#N)CCCC2)CC1. The molecule has 2 aliphatic rings. The number of rotatable bonds is 4. The number of nitrogens with zero attached hydrogens (tertiary/aromatic N) is 2. The summed E-state index contributed by atoms with van der Waals surface area (Å²) >= 11 is 0. The molecule has 0 atom stereocenters. The number of hydrogen-bond donors (Lipinski definition) is 2. The number of nitrogens with one attached hydrogen (secondary N) is 2. The van der Waals surface area contributed by atoms with Crippen molar-refractivity contribution in [1.29, 1.82) is 5.26 Å². The molecule has 0 unspecified atom stereocenters. The van der Waals surface area contributed by atoms with E-state index < -0.39 is 5.41 Å². The Morgan fingerprint density at radius 2 is 1.90 bits per heavy atom. The van der Waals surface area contributed by atoms with Crippen molar-refractivity contribution in [2.45, 2.75) is 44.6 Å². The van der Waals surface area contributed by atoms with Crippen LogP contribution in [0.4, 0.5) is 0 Å². The van der Waals surface area contributed by atoms with Crippen molar-refractivity contribution >= 4 is 11.8 Å². The fourth-order valence-electron chi connectivity index (χ4n) is 3.21. The minimum absolute atomic E-state index is 0.0203. The molecule has 21 heavy (non-hydrogen) atoms. The molecule has 2 N–H and O–H groups in total. The lowest BCUT2D eigenvalue weighted by molar-refractivity contribution is -0.129. The van der Waals surface area contributed by atoms with E-state index >= 15 is 0 Å². The Hall–Kier alpha value is -1.61. The molecule has 1 heterocycles. The largest absolute Gasteiger partial charge is 0.358 e. The lowest BCUT2D eigenvalue weighted by atomic mass is 9.86. The topological polar surface area (TPSA) is 85.2 Å². The number of amides is 2. The van der Waals surface area contributed by atoms with Crippen LogP contribution in [0, 0.1) is 16.7 Å². The maximum Gasteiger partial charge on any atom is 0.240 e. The first-order chi connectivity index (χ1) is 10.1. The summed E-state index contributed by atoms with van der Waals surface area (Å²) < 4.78 is 0. The van der Waals surface area contributed by atoms with E-state index in [0.717, 1.165) is 38.8 Å². The van der Waals surface area contributed by atoms with Gasteiger partial charge in [0, 0.05) is 26.2 Å². The van der Waals surface area contributed by atoms with E-state index in [9.17, 15) is 14.9 Å². The third-order valence-corrected chi connectivity index (χ3v) is 4.67. The van der Waals surface area contributed by atoms with Crippen LogP contribution in [0.3, 0.4) is 0 Å². The Balaban J connectivity index is 1.79. The molecule has 1 saturated carbocycles. The normalized spacial score (nSPS) is 22.5. The Bertz CT molecular complexity index is 429. The van der Waals surface area contributed by atoms with Gasteiger partial charge in [-0.15, -0.1) is 0 Å². The molecule has 0 bridgehead atoms. The first-order valence-corrected chi connectivity index (χ1v) is 7.75. The zero-order chi connectivity index (χ0) is 15.3. The number of nitriles is 1. The Labute approximate surface area is 125 Å². The molecule has 6 heteroatoms. The van der Waals surface area contributed by atoms with Crippen LogP contribution in [0.1, 0.15) is 38.5 Å². The van der Waals surface area contributed by atoms with Crippen LogP contribution in [-0.4, -0.2) is 49.4 Å². The molecule has 1 aliphatic heterocycles. The number of hydrogen-bond acceptors (Lipinski definition) is 4. The van der Waals surface area contributed by atoms with E-state index in [0.29, 0.717) is 19.4 Å². The molecular weight excluding hydrogens is 268 g/mol. The maximum atomic E-state index is 12.4. The zero-order valence-corrected chi connectivity index (χ0v) is 12.7. The van der Waals surface area contributed by atoms with Crippen LogP contribution in [0.2, 0.25) is 0 Å². The van der Waals surface area contributed by atoms with E-state index in [1.54, 1.807) is 7.05 Å².